The lowest BCUT2D eigenvalue weighted by Crippen LogP contribution is -2.46. The Bertz CT molecular complexity index is 1710. The van der Waals surface area contributed by atoms with E-state index in [1.54, 1.807) is 13.2 Å². The van der Waals surface area contributed by atoms with Crippen LogP contribution >= 0.6 is 14.5 Å². The number of rotatable bonds is 10. The van der Waals surface area contributed by atoms with Gasteiger partial charge in [0.05, 0.1) is 13.7 Å². The van der Waals surface area contributed by atoms with Crippen LogP contribution in [0.4, 0.5) is 5.95 Å². The van der Waals surface area contributed by atoms with Gasteiger partial charge < -0.3 is 40.0 Å². The molecule has 4 aromatic rings. The number of fused-ring (bicyclic) bond motifs is 2. The van der Waals surface area contributed by atoms with Gasteiger partial charge in [0.25, 0.3) is 11.5 Å². The van der Waals surface area contributed by atoms with Crippen molar-refractivity contribution in [1.82, 2.24) is 24.6 Å². The van der Waals surface area contributed by atoms with Gasteiger partial charge in [0, 0.05) is 23.6 Å². The average Bonchev–Trinajstić information content (AvgIpc) is 3.51. The van der Waals surface area contributed by atoms with Crippen molar-refractivity contribution in [2.75, 3.05) is 18.9 Å². The van der Waals surface area contributed by atoms with Gasteiger partial charge in [0.15, 0.2) is 6.33 Å². The molecule has 2 unspecified atom stereocenters. The van der Waals surface area contributed by atoms with Crippen molar-refractivity contribution in [1.29, 1.82) is 0 Å². The van der Waals surface area contributed by atoms with Gasteiger partial charge in [-0.3, -0.25) is 14.3 Å². The number of aromatic amines is 2. The number of aliphatic hydroxyl groups is 2. The lowest BCUT2D eigenvalue weighted by atomic mass is 10.1. The molecule has 6 atom stereocenters. The summed E-state index contributed by atoms with van der Waals surface area (Å²) < 4.78 is 31.0. The number of aliphatic hydroxyl groups excluding tert-OH is 2. The van der Waals surface area contributed by atoms with Crippen LogP contribution in [0.3, 0.4) is 0 Å². The second kappa shape index (κ2) is 11.0. The molecule has 0 aliphatic carbocycles. The molecule has 1 aliphatic heterocycles. The van der Waals surface area contributed by atoms with Crippen molar-refractivity contribution in [3.63, 3.8) is 0 Å². The summed E-state index contributed by atoms with van der Waals surface area (Å²) in [4.78, 5) is 42.4. The number of hydrogen-bond donors (Lipinski definition) is 8. The second-order valence-corrected chi connectivity index (χ2v) is 13.8. The molecule has 0 saturated carbocycles. The Balaban J connectivity index is 1.19. The van der Waals surface area contributed by atoms with E-state index < -0.39 is 51.2 Å². The minimum absolute atomic E-state index is 0.0346. The number of anilines is 1. The van der Waals surface area contributed by atoms with Crippen molar-refractivity contribution < 1.29 is 42.7 Å². The number of imidazole rings is 1. The number of nitrogens with one attached hydrogen (secondary N) is 3. The Kier molecular flexibility index (Phi) is 8.00. The highest BCUT2D eigenvalue weighted by Gasteiger charge is 2.48. The minimum atomic E-state index is -4.58. The number of benzene rings is 1. The van der Waals surface area contributed by atoms with E-state index in [4.69, 9.17) is 31.1 Å². The third-order valence-electron chi connectivity index (χ3n) is 6.40. The molecule has 4 heterocycles. The summed E-state index contributed by atoms with van der Waals surface area (Å²) in [6.07, 6.45) is -1.85. The lowest BCUT2D eigenvalue weighted by molar-refractivity contribution is -0.745. The lowest BCUT2D eigenvalue weighted by Gasteiger charge is -2.22. The molecule has 0 spiro atoms. The predicted molar refractivity (Wildman–Crippen MR) is 145 cm³/mol. The molecule has 19 heteroatoms. The number of ether oxygens (including phenoxy) is 1. The first kappa shape index (κ1) is 29.0. The molecular weight excluding hydrogens is 588 g/mol. The summed E-state index contributed by atoms with van der Waals surface area (Å²) in [5.41, 5.74) is 7.22. The van der Waals surface area contributed by atoms with Crippen LogP contribution in [0.1, 0.15) is 11.8 Å². The van der Waals surface area contributed by atoms with Crippen LogP contribution in [-0.4, -0.2) is 71.0 Å². The third-order valence-corrected chi connectivity index (χ3v) is 10.1. The molecule has 1 fully saturated rings. The SMILES string of the molecule is Cn1c[n+]([C@@H]2O[C@H](COP(O)(=S)OP(=O)(O)NCCc3c[nH]c4ccccc34)[C@@H](O)[C@H]2O)c2nc(N)[nH]c(=O)c21. The van der Waals surface area contributed by atoms with Crippen LogP contribution in [0.25, 0.3) is 22.1 Å². The summed E-state index contributed by atoms with van der Waals surface area (Å²) in [5, 5.41) is 24.5. The van der Waals surface area contributed by atoms with E-state index in [9.17, 15) is 29.4 Å². The maximum atomic E-state index is 12.5. The topological polar surface area (TPSA) is 234 Å². The Labute approximate surface area is 231 Å². The molecule has 1 aliphatic rings. The molecule has 1 saturated heterocycles. The van der Waals surface area contributed by atoms with E-state index in [-0.39, 0.29) is 23.7 Å². The predicted octanol–water partition coefficient (Wildman–Crippen LogP) is -0.585. The zero-order valence-electron chi connectivity index (χ0n) is 20.9. The minimum Gasteiger partial charge on any atom is -0.387 e. The van der Waals surface area contributed by atoms with Gasteiger partial charge in [0.2, 0.25) is 11.7 Å². The number of nitrogens with zero attached hydrogens (tertiary/aromatic N) is 3. The molecule has 0 amide bonds. The summed E-state index contributed by atoms with van der Waals surface area (Å²) >= 11 is 4.88. The number of nitrogens with two attached hydrogens (primary N) is 1. The van der Waals surface area contributed by atoms with Crippen LogP contribution in [-0.2, 0) is 43.4 Å². The number of nitrogen functional groups attached to an aromatic ring is 1. The van der Waals surface area contributed by atoms with E-state index in [0.29, 0.717) is 6.42 Å². The maximum Gasteiger partial charge on any atom is 0.410 e. The molecule has 216 valence electrons. The molecule has 3 aromatic heterocycles. The average molecular weight is 617 g/mol. The Morgan fingerprint density at radius 3 is 2.83 bits per heavy atom. The maximum absolute atomic E-state index is 12.5. The van der Waals surface area contributed by atoms with E-state index in [0.717, 1.165) is 16.5 Å². The molecule has 5 rings (SSSR count). The monoisotopic (exact) mass is 616 g/mol. The van der Waals surface area contributed by atoms with Crippen LogP contribution in [0.15, 0.2) is 41.6 Å². The normalized spacial score (nSPS) is 24.4. The van der Waals surface area contributed by atoms with Gasteiger partial charge in [-0.25, -0.2) is 18.5 Å². The Hall–Kier alpha value is -2.53. The fraction of sp³-hybridized carbons (Fsp3) is 0.381. The van der Waals surface area contributed by atoms with Crippen molar-refractivity contribution in [3.8, 4) is 0 Å². The first-order chi connectivity index (χ1) is 18.8. The van der Waals surface area contributed by atoms with E-state index in [1.807, 2.05) is 24.3 Å². The number of para-hydroxylation sites is 1. The first-order valence-electron chi connectivity index (χ1n) is 11.9. The van der Waals surface area contributed by atoms with E-state index in [2.05, 4.69) is 20.0 Å². The smallest absolute Gasteiger partial charge is 0.387 e. The fourth-order valence-electron chi connectivity index (χ4n) is 4.58. The van der Waals surface area contributed by atoms with Crippen molar-refractivity contribution in [2.24, 2.45) is 7.05 Å². The third kappa shape index (κ3) is 5.91. The molecule has 16 nitrogen and oxygen atoms in total. The van der Waals surface area contributed by atoms with Crippen LogP contribution in [0.5, 0.6) is 0 Å². The standard InChI is InChI=1S/C21H27N7O9P2S/c1-27-10-28(18-15(27)19(31)26-21(22)25-18)20-17(30)16(29)14(36-20)9-35-39(34,40)37-38(32,33)24-7-6-11-8-23-13-5-3-2-4-12(11)13/h2-5,8,10,14,16-17,20,23,29-30H,6-7,9H2,1H3,(H5-,22,24,25,26,31,32,33,34,40)/p+1/t14-,16-,17-,20-,39?/m1/s1. The number of hydrogen-bond acceptors (Lipinski definition) is 10. The number of H-pyrrole nitrogens is 2. The summed E-state index contributed by atoms with van der Waals surface area (Å²) in [7, 11) is -3.00. The second-order valence-electron chi connectivity index (χ2n) is 9.19. The number of aryl methyl sites for hydroxylation is 1. The largest absolute Gasteiger partial charge is 0.410 e. The summed E-state index contributed by atoms with van der Waals surface area (Å²) in [5.74, 6) is -0.160. The summed E-state index contributed by atoms with van der Waals surface area (Å²) in [6.45, 7) is -4.85. The van der Waals surface area contributed by atoms with Gasteiger partial charge in [-0.15, -0.1) is 0 Å². The molecule has 40 heavy (non-hydrogen) atoms. The molecule has 0 bridgehead atoms. The van der Waals surface area contributed by atoms with Gasteiger partial charge in [-0.2, -0.15) is 0 Å². The molecule has 0 radical (unpaired) electrons. The van der Waals surface area contributed by atoms with Crippen LogP contribution in [0.2, 0.25) is 0 Å². The zero-order valence-corrected chi connectivity index (χ0v) is 23.6. The van der Waals surface area contributed by atoms with E-state index in [1.165, 1.54) is 15.5 Å². The highest BCUT2D eigenvalue weighted by molar-refractivity contribution is 8.08. The Morgan fingerprint density at radius 2 is 2.05 bits per heavy atom. The van der Waals surface area contributed by atoms with E-state index >= 15 is 0 Å². The van der Waals surface area contributed by atoms with Crippen molar-refractivity contribution in [2.45, 2.75) is 31.0 Å². The Morgan fingerprint density at radius 1 is 1.30 bits per heavy atom. The molecule has 1 aromatic carbocycles. The first-order valence-corrected chi connectivity index (χ1v) is 16.1. The number of aromatic nitrogens is 5. The van der Waals surface area contributed by atoms with Crippen LogP contribution in [0, 0.1) is 0 Å². The van der Waals surface area contributed by atoms with Crippen LogP contribution < -0.4 is 20.9 Å². The highest BCUT2D eigenvalue weighted by atomic mass is 32.5. The quantitative estimate of drug-likeness (QED) is 0.0823. The van der Waals surface area contributed by atoms with Crippen molar-refractivity contribution >= 4 is 54.3 Å². The van der Waals surface area contributed by atoms with Gasteiger partial charge >= 0.3 is 20.1 Å². The van der Waals surface area contributed by atoms with Crippen molar-refractivity contribution in [3.05, 3.63) is 52.7 Å². The fourth-order valence-corrected chi connectivity index (χ4v) is 7.85. The summed E-state index contributed by atoms with van der Waals surface area (Å²) in [6, 6.07) is 7.60. The van der Waals surface area contributed by atoms with Gasteiger partial charge in [0.1, 0.15) is 18.3 Å². The van der Waals surface area contributed by atoms with Gasteiger partial charge in [-0.1, -0.05) is 23.2 Å². The molecule has 9 N–H and O–H groups in total. The molecular formula is C21H28N7O9P2S+. The van der Waals surface area contributed by atoms with Gasteiger partial charge in [-0.05, 0) is 29.9 Å². The highest BCUT2D eigenvalue weighted by Crippen LogP contribution is 2.58. The zero-order chi connectivity index (χ0) is 28.8.